The van der Waals surface area contributed by atoms with Gasteiger partial charge in [0.2, 0.25) is 0 Å². The van der Waals surface area contributed by atoms with E-state index in [1.165, 1.54) is 16.3 Å². The van der Waals surface area contributed by atoms with Crippen LogP contribution in [0.3, 0.4) is 0 Å². The van der Waals surface area contributed by atoms with Crippen molar-refractivity contribution in [1.29, 1.82) is 0 Å². The number of nitrogens with zero attached hydrogens (tertiary/aromatic N) is 3. The topological polar surface area (TPSA) is 30.7 Å². The maximum atomic E-state index is 6.04. The summed E-state index contributed by atoms with van der Waals surface area (Å²) in [7, 11) is 0. The molecule has 4 rings (SSSR count). The number of fused-ring (bicyclic) bond motifs is 1. The third-order valence-electron chi connectivity index (χ3n) is 4.55. The van der Waals surface area contributed by atoms with Crippen LogP contribution in [-0.2, 0) is 12.3 Å². The highest BCUT2D eigenvalue weighted by Gasteiger charge is 2.15. The maximum Gasteiger partial charge on any atom is 0.191 e. The maximum absolute atomic E-state index is 6.04. The van der Waals surface area contributed by atoms with Gasteiger partial charge in [-0.25, -0.2) is 0 Å². The normalized spacial score (nSPS) is 11.4. The van der Waals surface area contributed by atoms with Gasteiger partial charge in [-0.05, 0) is 46.5 Å². The lowest BCUT2D eigenvalue weighted by molar-refractivity contribution is 0.498. The summed E-state index contributed by atoms with van der Waals surface area (Å²) in [6.07, 6.45) is 0. The first-order valence-electron chi connectivity index (χ1n) is 9.40. The van der Waals surface area contributed by atoms with Crippen molar-refractivity contribution in [1.82, 2.24) is 14.8 Å². The van der Waals surface area contributed by atoms with Crippen molar-refractivity contribution < 1.29 is 0 Å². The molecule has 0 unspecified atom stereocenters. The quantitative estimate of drug-likeness (QED) is 0.333. The Balaban J connectivity index is 1.60. The number of benzene rings is 3. The van der Waals surface area contributed by atoms with Gasteiger partial charge in [0.05, 0.1) is 0 Å². The summed E-state index contributed by atoms with van der Waals surface area (Å²) < 4.78 is 2.22. The van der Waals surface area contributed by atoms with Crippen LogP contribution in [-0.4, -0.2) is 14.8 Å². The fourth-order valence-corrected chi connectivity index (χ4v) is 4.23. The predicted molar refractivity (Wildman–Crippen MR) is 119 cm³/mol. The summed E-state index contributed by atoms with van der Waals surface area (Å²) in [6, 6.07) is 22.9. The van der Waals surface area contributed by atoms with E-state index < -0.39 is 0 Å². The van der Waals surface area contributed by atoms with E-state index in [4.69, 9.17) is 11.6 Å². The summed E-state index contributed by atoms with van der Waals surface area (Å²) in [5, 5.41) is 13.2. The van der Waals surface area contributed by atoms with Crippen LogP contribution < -0.4 is 0 Å². The minimum Gasteiger partial charge on any atom is -0.302 e. The lowest BCUT2D eigenvalue weighted by Gasteiger charge is -2.12. The van der Waals surface area contributed by atoms with Crippen LogP contribution in [0.1, 0.15) is 19.4 Å². The molecule has 1 aromatic heterocycles. The smallest absolute Gasteiger partial charge is 0.191 e. The van der Waals surface area contributed by atoms with Crippen LogP contribution in [0.2, 0.25) is 5.02 Å². The molecule has 0 N–H and O–H groups in total. The number of thioether (sulfide) groups is 1. The Hall–Kier alpha value is -2.30. The average Bonchev–Trinajstić information content (AvgIpc) is 3.08. The van der Waals surface area contributed by atoms with Crippen LogP contribution in [0.5, 0.6) is 0 Å². The second-order valence-electron chi connectivity index (χ2n) is 7.29. The third-order valence-corrected chi connectivity index (χ3v) is 5.84. The average molecular weight is 408 g/mol. The zero-order valence-electron chi connectivity index (χ0n) is 16.0. The highest BCUT2D eigenvalue weighted by molar-refractivity contribution is 7.98. The van der Waals surface area contributed by atoms with Crippen LogP contribution in [0, 0.1) is 5.92 Å². The summed E-state index contributed by atoms with van der Waals surface area (Å²) in [4.78, 5) is 0. The molecule has 142 valence electrons. The fourth-order valence-electron chi connectivity index (χ4n) is 3.21. The molecule has 0 aliphatic heterocycles. The molecule has 0 saturated carbocycles. The van der Waals surface area contributed by atoms with Crippen LogP contribution in [0.15, 0.2) is 71.9 Å². The highest BCUT2D eigenvalue weighted by atomic mass is 35.5. The van der Waals surface area contributed by atoms with Crippen LogP contribution in [0.4, 0.5) is 0 Å². The summed E-state index contributed by atoms with van der Waals surface area (Å²) in [5.41, 5.74) is 2.32. The summed E-state index contributed by atoms with van der Waals surface area (Å²) in [6.45, 7) is 5.30. The lowest BCUT2D eigenvalue weighted by atomic mass is 10.1. The number of aromatic nitrogens is 3. The minimum absolute atomic E-state index is 0.502. The van der Waals surface area contributed by atoms with Gasteiger partial charge in [-0.15, -0.1) is 10.2 Å². The van der Waals surface area contributed by atoms with E-state index in [0.717, 1.165) is 33.9 Å². The molecule has 3 nitrogen and oxygen atoms in total. The zero-order chi connectivity index (χ0) is 19.5. The monoisotopic (exact) mass is 407 g/mol. The Labute approximate surface area is 174 Å². The van der Waals surface area contributed by atoms with Gasteiger partial charge in [0.15, 0.2) is 11.0 Å². The molecular weight excluding hydrogens is 386 g/mol. The predicted octanol–water partition coefficient (Wildman–Crippen LogP) is 6.70. The molecule has 0 bridgehead atoms. The molecule has 0 aliphatic carbocycles. The second kappa shape index (κ2) is 8.38. The van der Waals surface area contributed by atoms with Crippen molar-refractivity contribution in [2.45, 2.75) is 31.3 Å². The van der Waals surface area contributed by atoms with Crippen molar-refractivity contribution in [3.63, 3.8) is 0 Å². The second-order valence-corrected chi connectivity index (χ2v) is 8.67. The van der Waals surface area contributed by atoms with E-state index in [-0.39, 0.29) is 0 Å². The van der Waals surface area contributed by atoms with Crippen LogP contribution >= 0.6 is 23.4 Å². The molecule has 0 saturated heterocycles. The molecular formula is C23H22ClN3S. The number of halogens is 1. The molecule has 0 amide bonds. The van der Waals surface area contributed by atoms with E-state index >= 15 is 0 Å². The Kier molecular flexibility index (Phi) is 5.69. The Bertz CT molecular complexity index is 1090. The molecule has 4 aromatic rings. The molecule has 5 heteroatoms. The number of rotatable bonds is 6. The Morgan fingerprint density at radius 3 is 2.43 bits per heavy atom. The van der Waals surface area contributed by atoms with Gasteiger partial charge in [-0.1, -0.05) is 79.7 Å². The van der Waals surface area contributed by atoms with Crippen molar-refractivity contribution in [3.05, 3.63) is 77.3 Å². The first-order chi connectivity index (χ1) is 13.6. The Morgan fingerprint density at radius 2 is 1.68 bits per heavy atom. The van der Waals surface area contributed by atoms with E-state index in [1.807, 2.05) is 24.3 Å². The Morgan fingerprint density at radius 1 is 0.929 bits per heavy atom. The summed E-state index contributed by atoms with van der Waals surface area (Å²) in [5.74, 6) is 2.26. The van der Waals surface area contributed by atoms with Gasteiger partial charge < -0.3 is 4.57 Å². The summed E-state index contributed by atoms with van der Waals surface area (Å²) >= 11 is 7.77. The van der Waals surface area contributed by atoms with E-state index in [1.54, 1.807) is 11.8 Å². The number of hydrogen-bond acceptors (Lipinski definition) is 3. The largest absolute Gasteiger partial charge is 0.302 e. The van der Waals surface area contributed by atoms with Gasteiger partial charge >= 0.3 is 0 Å². The van der Waals surface area contributed by atoms with E-state index in [2.05, 4.69) is 71.1 Å². The van der Waals surface area contributed by atoms with Gasteiger partial charge in [0.1, 0.15) is 0 Å². The first-order valence-corrected chi connectivity index (χ1v) is 10.8. The lowest BCUT2D eigenvalue weighted by Crippen LogP contribution is -2.07. The molecule has 28 heavy (non-hydrogen) atoms. The van der Waals surface area contributed by atoms with Gasteiger partial charge in [0, 0.05) is 22.9 Å². The first kappa shape index (κ1) is 19.0. The highest BCUT2D eigenvalue weighted by Crippen LogP contribution is 2.29. The van der Waals surface area contributed by atoms with Gasteiger partial charge in [0.25, 0.3) is 0 Å². The van der Waals surface area contributed by atoms with E-state index in [0.29, 0.717) is 5.92 Å². The molecule has 0 aliphatic rings. The number of hydrogen-bond donors (Lipinski definition) is 0. The van der Waals surface area contributed by atoms with Crippen LogP contribution in [0.25, 0.3) is 22.2 Å². The van der Waals surface area contributed by atoms with Crippen molar-refractivity contribution >= 4 is 34.1 Å². The van der Waals surface area contributed by atoms with E-state index in [9.17, 15) is 0 Å². The molecule has 0 spiro atoms. The SMILES string of the molecule is CC(C)Cn1c(SCc2ccc3ccccc3c2)nnc1-c1ccc(Cl)cc1. The third kappa shape index (κ3) is 4.23. The molecule has 0 radical (unpaired) electrons. The molecule has 3 aromatic carbocycles. The van der Waals surface area contributed by atoms with Gasteiger partial charge in [-0.3, -0.25) is 0 Å². The fraction of sp³-hybridized carbons (Fsp3) is 0.217. The molecule has 0 atom stereocenters. The molecule has 1 heterocycles. The van der Waals surface area contributed by atoms with Crippen molar-refractivity contribution in [2.24, 2.45) is 5.92 Å². The standard InChI is InChI=1S/C23H22ClN3S/c1-16(2)14-27-22(19-9-11-21(24)12-10-19)25-26-23(27)28-15-17-7-8-18-5-3-4-6-20(18)13-17/h3-13,16H,14-15H2,1-2H3. The zero-order valence-corrected chi connectivity index (χ0v) is 17.5. The van der Waals surface area contributed by atoms with Gasteiger partial charge in [-0.2, -0.15) is 0 Å². The van der Waals surface area contributed by atoms with Crippen molar-refractivity contribution in [3.8, 4) is 11.4 Å². The van der Waals surface area contributed by atoms with Crippen molar-refractivity contribution in [2.75, 3.05) is 0 Å². The molecule has 0 fully saturated rings. The minimum atomic E-state index is 0.502.